The zero-order valence-electron chi connectivity index (χ0n) is 12.4. The molecule has 0 aliphatic heterocycles. The van der Waals surface area contributed by atoms with Crippen LogP contribution in [0.4, 0.5) is 0 Å². The molecule has 3 heteroatoms. The van der Waals surface area contributed by atoms with Gasteiger partial charge in [0.05, 0.1) is 12.8 Å². The van der Waals surface area contributed by atoms with Crippen LogP contribution in [-0.2, 0) is 13.0 Å². The summed E-state index contributed by atoms with van der Waals surface area (Å²) in [5, 5.41) is 3.51. The van der Waals surface area contributed by atoms with Crippen LogP contribution in [0, 0.1) is 6.92 Å². The van der Waals surface area contributed by atoms with Gasteiger partial charge >= 0.3 is 0 Å². The van der Waals surface area contributed by atoms with Crippen LogP contribution in [0.1, 0.15) is 23.9 Å². The molecular weight excluding hydrogens is 248 g/mol. The first-order chi connectivity index (χ1) is 9.67. The molecule has 1 N–H and O–H groups in total. The number of aromatic nitrogens is 1. The highest BCUT2D eigenvalue weighted by Crippen LogP contribution is 2.13. The van der Waals surface area contributed by atoms with E-state index in [1.165, 1.54) is 5.56 Å². The van der Waals surface area contributed by atoms with Gasteiger partial charge in [-0.05, 0) is 25.8 Å². The fourth-order valence-electron chi connectivity index (χ4n) is 2.23. The summed E-state index contributed by atoms with van der Waals surface area (Å²) in [7, 11) is 1.68. The number of aryl methyl sites for hydroxylation is 1. The Bertz CT molecular complexity index is 540. The lowest BCUT2D eigenvalue weighted by molar-refractivity contribution is 0.412. The molecule has 0 bridgehead atoms. The van der Waals surface area contributed by atoms with Crippen molar-refractivity contribution in [2.24, 2.45) is 0 Å². The van der Waals surface area contributed by atoms with Crippen LogP contribution >= 0.6 is 0 Å². The number of hydrogen-bond acceptors (Lipinski definition) is 3. The van der Waals surface area contributed by atoms with Crippen LogP contribution in [0.25, 0.3) is 0 Å². The molecule has 2 rings (SSSR count). The van der Waals surface area contributed by atoms with Crippen LogP contribution in [-0.4, -0.2) is 18.1 Å². The third-order valence-electron chi connectivity index (χ3n) is 3.23. The van der Waals surface area contributed by atoms with Gasteiger partial charge in [0.25, 0.3) is 0 Å². The van der Waals surface area contributed by atoms with Crippen molar-refractivity contribution in [3.63, 3.8) is 0 Å². The predicted molar refractivity (Wildman–Crippen MR) is 82.0 cm³/mol. The van der Waals surface area contributed by atoms with Gasteiger partial charge in [-0.2, -0.15) is 0 Å². The fraction of sp³-hybridized carbons (Fsp3) is 0.353. The number of pyridine rings is 1. The van der Waals surface area contributed by atoms with E-state index < -0.39 is 0 Å². The van der Waals surface area contributed by atoms with Crippen LogP contribution in [0.3, 0.4) is 0 Å². The molecule has 0 amide bonds. The molecule has 0 aliphatic rings. The average molecular weight is 270 g/mol. The monoisotopic (exact) mass is 270 g/mol. The molecule has 3 nitrogen and oxygen atoms in total. The van der Waals surface area contributed by atoms with Crippen molar-refractivity contribution in [3.8, 4) is 5.75 Å². The summed E-state index contributed by atoms with van der Waals surface area (Å²) in [6.45, 7) is 4.94. The SMILES string of the molecule is COc1cc(C)nc(CNC(C)Cc2ccccc2)c1. The van der Waals surface area contributed by atoms with Gasteiger partial charge in [0, 0.05) is 30.4 Å². The molecule has 0 saturated heterocycles. The molecule has 0 saturated carbocycles. The number of hydrogen-bond donors (Lipinski definition) is 1. The van der Waals surface area contributed by atoms with Gasteiger partial charge in [0.2, 0.25) is 0 Å². The topological polar surface area (TPSA) is 34.1 Å². The highest BCUT2D eigenvalue weighted by atomic mass is 16.5. The lowest BCUT2D eigenvalue weighted by Crippen LogP contribution is -2.28. The first-order valence-electron chi connectivity index (χ1n) is 6.96. The third kappa shape index (κ3) is 4.35. The largest absolute Gasteiger partial charge is 0.497 e. The Morgan fingerprint density at radius 1 is 1.20 bits per heavy atom. The molecule has 1 unspecified atom stereocenters. The number of rotatable bonds is 6. The molecule has 1 atom stereocenters. The smallest absolute Gasteiger partial charge is 0.122 e. The molecule has 20 heavy (non-hydrogen) atoms. The molecule has 2 aromatic rings. The predicted octanol–water partition coefficient (Wildman–Crippen LogP) is 3.12. The summed E-state index contributed by atoms with van der Waals surface area (Å²) < 4.78 is 5.27. The lowest BCUT2D eigenvalue weighted by Gasteiger charge is -2.14. The Morgan fingerprint density at radius 3 is 2.65 bits per heavy atom. The number of nitrogens with one attached hydrogen (secondary N) is 1. The van der Waals surface area contributed by atoms with Crippen molar-refractivity contribution in [1.82, 2.24) is 10.3 Å². The first-order valence-corrected chi connectivity index (χ1v) is 6.96. The first kappa shape index (κ1) is 14.5. The molecule has 106 valence electrons. The van der Waals surface area contributed by atoms with E-state index in [1.54, 1.807) is 7.11 Å². The quantitative estimate of drug-likeness (QED) is 0.875. The summed E-state index contributed by atoms with van der Waals surface area (Å²) in [6, 6.07) is 14.9. The van der Waals surface area contributed by atoms with Crippen LogP contribution in [0.2, 0.25) is 0 Å². The van der Waals surface area contributed by atoms with Gasteiger partial charge in [0.15, 0.2) is 0 Å². The summed E-state index contributed by atoms with van der Waals surface area (Å²) in [4.78, 5) is 4.52. The van der Waals surface area contributed by atoms with E-state index in [1.807, 2.05) is 25.1 Å². The lowest BCUT2D eigenvalue weighted by atomic mass is 10.1. The second-order valence-corrected chi connectivity index (χ2v) is 5.11. The van der Waals surface area contributed by atoms with E-state index in [9.17, 15) is 0 Å². The number of ether oxygens (including phenoxy) is 1. The van der Waals surface area contributed by atoms with E-state index in [0.717, 1.165) is 30.1 Å². The van der Waals surface area contributed by atoms with E-state index in [2.05, 4.69) is 41.5 Å². The van der Waals surface area contributed by atoms with E-state index in [-0.39, 0.29) is 0 Å². The van der Waals surface area contributed by atoms with E-state index in [4.69, 9.17) is 4.74 Å². The standard InChI is InChI=1S/C17H22N2O/c1-13(9-15-7-5-4-6-8-15)18-12-16-11-17(20-3)10-14(2)19-16/h4-8,10-11,13,18H,9,12H2,1-3H3. The van der Waals surface area contributed by atoms with Crippen molar-refractivity contribution in [2.75, 3.05) is 7.11 Å². The molecule has 0 radical (unpaired) electrons. The summed E-state index contributed by atoms with van der Waals surface area (Å²) in [6.07, 6.45) is 1.02. The number of benzene rings is 1. The van der Waals surface area contributed by atoms with E-state index in [0.29, 0.717) is 6.04 Å². The number of nitrogens with zero attached hydrogens (tertiary/aromatic N) is 1. The maximum atomic E-state index is 5.27. The third-order valence-corrected chi connectivity index (χ3v) is 3.23. The second kappa shape index (κ2) is 7.06. The zero-order valence-corrected chi connectivity index (χ0v) is 12.4. The Morgan fingerprint density at radius 2 is 1.95 bits per heavy atom. The maximum Gasteiger partial charge on any atom is 0.122 e. The van der Waals surface area contributed by atoms with Crippen molar-refractivity contribution in [3.05, 3.63) is 59.4 Å². The van der Waals surface area contributed by atoms with Crippen molar-refractivity contribution >= 4 is 0 Å². The van der Waals surface area contributed by atoms with Gasteiger partial charge < -0.3 is 10.1 Å². The zero-order chi connectivity index (χ0) is 14.4. The molecule has 0 spiro atoms. The maximum absolute atomic E-state index is 5.27. The van der Waals surface area contributed by atoms with Crippen molar-refractivity contribution < 1.29 is 4.74 Å². The van der Waals surface area contributed by atoms with Gasteiger partial charge in [-0.1, -0.05) is 30.3 Å². The minimum Gasteiger partial charge on any atom is -0.497 e. The van der Waals surface area contributed by atoms with Crippen LogP contribution < -0.4 is 10.1 Å². The highest BCUT2D eigenvalue weighted by molar-refractivity contribution is 5.26. The number of methoxy groups -OCH3 is 1. The van der Waals surface area contributed by atoms with Crippen LogP contribution in [0.15, 0.2) is 42.5 Å². The summed E-state index contributed by atoms with van der Waals surface area (Å²) in [5.74, 6) is 0.866. The minimum atomic E-state index is 0.408. The Labute approximate surface area is 121 Å². The molecule has 1 heterocycles. The Balaban J connectivity index is 1.90. The van der Waals surface area contributed by atoms with Gasteiger partial charge in [0.1, 0.15) is 5.75 Å². The van der Waals surface area contributed by atoms with E-state index >= 15 is 0 Å². The summed E-state index contributed by atoms with van der Waals surface area (Å²) >= 11 is 0. The molecule has 1 aromatic carbocycles. The van der Waals surface area contributed by atoms with Crippen LogP contribution in [0.5, 0.6) is 5.75 Å². The highest BCUT2D eigenvalue weighted by Gasteiger charge is 2.05. The molecule has 0 fully saturated rings. The fourth-order valence-corrected chi connectivity index (χ4v) is 2.23. The van der Waals surface area contributed by atoms with Gasteiger partial charge in [-0.3, -0.25) is 4.98 Å². The Kier molecular flexibility index (Phi) is 5.13. The van der Waals surface area contributed by atoms with Crippen molar-refractivity contribution in [2.45, 2.75) is 32.9 Å². The van der Waals surface area contributed by atoms with Crippen molar-refractivity contribution in [1.29, 1.82) is 0 Å². The van der Waals surface area contributed by atoms with Gasteiger partial charge in [-0.15, -0.1) is 0 Å². The average Bonchev–Trinajstić information content (AvgIpc) is 2.45. The molecular formula is C17H22N2O. The molecule has 0 aliphatic carbocycles. The summed E-state index contributed by atoms with van der Waals surface area (Å²) in [5.41, 5.74) is 3.35. The normalized spacial score (nSPS) is 12.2. The Hall–Kier alpha value is -1.87. The minimum absolute atomic E-state index is 0.408. The second-order valence-electron chi connectivity index (χ2n) is 5.11. The molecule has 1 aromatic heterocycles. The van der Waals surface area contributed by atoms with Gasteiger partial charge in [-0.25, -0.2) is 0 Å².